The molecule has 0 fully saturated rings. The molecule has 222 valence electrons. The summed E-state index contributed by atoms with van der Waals surface area (Å²) in [6, 6.07) is 12.7. The fourth-order valence-corrected chi connectivity index (χ4v) is 6.00. The summed E-state index contributed by atoms with van der Waals surface area (Å²) in [5.74, 6) is 0.296. The number of pyridine rings is 1. The lowest BCUT2D eigenvalue weighted by atomic mass is 9.98. The van der Waals surface area contributed by atoms with Crippen molar-refractivity contribution in [2.45, 2.75) is 64.6 Å². The maximum absolute atomic E-state index is 12.5. The van der Waals surface area contributed by atoms with E-state index in [1.807, 2.05) is 31.2 Å². The first-order chi connectivity index (χ1) is 20.3. The number of imidazole rings is 1. The van der Waals surface area contributed by atoms with Gasteiger partial charge in [-0.2, -0.15) is 0 Å². The Bertz CT molecular complexity index is 1790. The van der Waals surface area contributed by atoms with E-state index < -0.39 is 17.3 Å². The van der Waals surface area contributed by atoms with Crippen LogP contribution in [0.5, 0.6) is 0 Å². The largest absolute Gasteiger partial charge is 0.444 e. The average Bonchev–Trinajstić information content (AvgIpc) is 3.49. The van der Waals surface area contributed by atoms with Gasteiger partial charge in [-0.1, -0.05) is 23.7 Å². The van der Waals surface area contributed by atoms with Gasteiger partial charge < -0.3 is 20.1 Å². The van der Waals surface area contributed by atoms with Crippen LogP contribution in [-0.4, -0.2) is 37.9 Å². The first kappa shape index (κ1) is 28.7. The molecule has 6 rings (SSSR count). The van der Waals surface area contributed by atoms with Gasteiger partial charge in [0.2, 0.25) is 17.7 Å². The molecule has 0 radical (unpaired) electrons. The molecule has 1 atom stereocenters. The summed E-state index contributed by atoms with van der Waals surface area (Å²) in [4.78, 5) is 32.5. The van der Waals surface area contributed by atoms with Crippen LogP contribution in [0.15, 0.2) is 48.7 Å². The molecule has 2 aliphatic rings. The van der Waals surface area contributed by atoms with Gasteiger partial charge in [0.1, 0.15) is 11.4 Å². The number of aliphatic hydroxyl groups is 1. The number of nitrogens with one attached hydrogen (secondary N) is 3. The number of aromatic nitrogens is 3. The van der Waals surface area contributed by atoms with Gasteiger partial charge in [0.15, 0.2) is 0 Å². The number of fused-ring (bicyclic) bond motifs is 2. The van der Waals surface area contributed by atoms with Gasteiger partial charge in [-0.3, -0.25) is 15.3 Å². The SMILES string of the molecule is Cc1[nH]c(C2(O)CCc3cc(-c4cc(Cl)ccc4NC(=O)OC(C)(C)C)c[n+](O)c32)nc1-c1ccc2c(c1)NC(=O)CC2. The van der Waals surface area contributed by atoms with Gasteiger partial charge in [0, 0.05) is 44.2 Å². The van der Waals surface area contributed by atoms with Crippen molar-refractivity contribution in [2.75, 3.05) is 10.6 Å². The lowest BCUT2D eigenvalue weighted by Crippen LogP contribution is -2.44. The Labute approximate surface area is 253 Å². The van der Waals surface area contributed by atoms with Crippen LogP contribution < -0.4 is 15.4 Å². The Morgan fingerprint density at radius 2 is 1.88 bits per heavy atom. The van der Waals surface area contributed by atoms with E-state index in [4.69, 9.17) is 21.3 Å². The van der Waals surface area contributed by atoms with Crippen LogP contribution in [0.4, 0.5) is 16.2 Å². The predicted octanol–water partition coefficient (Wildman–Crippen LogP) is 5.64. The number of hydrogen-bond donors (Lipinski definition) is 5. The summed E-state index contributed by atoms with van der Waals surface area (Å²) in [7, 11) is 0. The van der Waals surface area contributed by atoms with Crippen molar-refractivity contribution in [3.8, 4) is 22.4 Å². The zero-order chi connectivity index (χ0) is 30.7. The van der Waals surface area contributed by atoms with Gasteiger partial charge in [0.25, 0.3) is 5.69 Å². The zero-order valence-corrected chi connectivity index (χ0v) is 25.1. The van der Waals surface area contributed by atoms with Gasteiger partial charge in [0.05, 0.1) is 16.9 Å². The van der Waals surface area contributed by atoms with Crippen molar-refractivity contribution in [2.24, 2.45) is 0 Å². The lowest BCUT2D eigenvalue weighted by molar-refractivity contribution is -0.912. The molecule has 0 spiro atoms. The molecule has 1 aliphatic carbocycles. The quantitative estimate of drug-likeness (QED) is 0.151. The maximum atomic E-state index is 12.5. The van der Waals surface area contributed by atoms with Gasteiger partial charge in [-0.15, -0.1) is 0 Å². The number of aryl methyl sites for hydroxylation is 3. The highest BCUT2D eigenvalue weighted by Crippen LogP contribution is 2.42. The molecular formula is C32H33ClN5O5+. The number of nitrogens with zero attached hydrogens (tertiary/aromatic N) is 2. The van der Waals surface area contributed by atoms with Crippen molar-refractivity contribution >= 4 is 35.0 Å². The van der Waals surface area contributed by atoms with Crippen molar-refractivity contribution in [1.82, 2.24) is 9.97 Å². The summed E-state index contributed by atoms with van der Waals surface area (Å²) in [5, 5.41) is 29.4. The average molecular weight is 603 g/mol. The molecule has 0 saturated heterocycles. The third-order valence-corrected chi connectivity index (χ3v) is 7.99. The molecule has 2 aromatic carbocycles. The highest BCUT2D eigenvalue weighted by Gasteiger charge is 2.50. The van der Waals surface area contributed by atoms with Crippen LogP contribution in [-0.2, 0) is 28.0 Å². The van der Waals surface area contributed by atoms with Crippen molar-refractivity contribution in [3.05, 3.63) is 82.0 Å². The third-order valence-electron chi connectivity index (χ3n) is 7.76. The number of ether oxygens (including phenoxy) is 1. The molecule has 10 nitrogen and oxygen atoms in total. The van der Waals surface area contributed by atoms with Crippen LogP contribution in [0.3, 0.4) is 0 Å². The summed E-state index contributed by atoms with van der Waals surface area (Å²) in [5.41, 5.74) is 4.43. The molecule has 0 bridgehead atoms. The van der Waals surface area contributed by atoms with Crippen LogP contribution in [0.1, 0.15) is 62.0 Å². The smallest absolute Gasteiger partial charge is 0.412 e. The number of benzene rings is 2. The predicted molar refractivity (Wildman–Crippen MR) is 161 cm³/mol. The second-order valence-corrected chi connectivity index (χ2v) is 12.5. The van der Waals surface area contributed by atoms with E-state index in [1.54, 1.807) is 39.0 Å². The van der Waals surface area contributed by atoms with E-state index >= 15 is 0 Å². The number of carbonyl (C=O) groups excluding carboxylic acids is 2. The monoisotopic (exact) mass is 602 g/mol. The second-order valence-electron chi connectivity index (χ2n) is 12.1. The number of rotatable bonds is 4. The van der Waals surface area contributed by atoms with Crippen molar-refractivity contribution in [1.29, 1.82) is 0 Å². The Morgan fingerprint density at radius 3 is 2.65 bits per heavy atom. The molecule has 0 saturated carbocycles. The number of H-pyrrole nitrogens is 1. The fourth-order valence-electron chi connectivity index (χ4n) is 5.83. The second kappa shape index (κ2) is 10.4. The minimum absolute atomic E-state index is 0.0154. The summed E-state index contributed by atoms with van der Waals surface area (Å²) in [6.45, 7) is 7.21. The number of amides is 2. The van der Waals surface area contributed by atoms with E-state index in [0.717, 1.165) is 32.8 Å². The molecule has 4 aromatic rings. The molecule has 5 N–H and O–H groups in total. The number of anilines is 2. The van der Waals surface area contributed by atoms with E-state index in [2.05, 4.69) is 15.6 Å². The van der Waals surface area contributed by atoms with E-state index in [9.17, 15) is 19.9 Å². The Balaban J connectivity index is 1.35. The van der Waals surface area contributed by atoms with Crippen LogP contribution in [0.25, 0.3) is 22.4 Å². The molecule has 1 aliphatic heterocycles. The number of hydrogen-bond acceptors (Lipinski definition) is 6. The maximum Gasteiger partial charge on any atom is 0.412 e. The standard InChI is InChI=1S/C32H32ClN5O5/c1-17-27(19-6-5-18-7-10-26(39)35-25(18)14-19)37-29(34-17)32(41)12-11-20-13-21(16-38(42)28(20)32)23-15-22(33)8-9-24(23)36-30(40)43-31(2,3)4/h5-6,8-9,13-16,41H,7,10-12H2,1-4H3,(H3-,34,35,36,37,39,40,42)/p+1. The summed E-state index contributed by atoms with van der Waals surface area (Å²) < 4.78 is 6.33. The molecule has 2 aromatic heterocycles. The Morgan fingerprint density at radius 1 is 1.09 bits per heavy atom. The molecule has 3 heterocycles. The first-order valence-corrected chi connectivity index (χ1v) is 14.5. The number of halogens is 1. The summed E-state index contributed by atoms with van der Waals surface area (Å²) in [6.07, 6.45) is 2.77. The van der Waals surface area contributed by atoms with Crippen LogP contribution >= 0.6 is 11.6 Å². The highest BCUT2D eigenvalue weighted by molar-refractivity contribution is 6.31. The van der Waals surface area contributed by atoms with E-state index in [1.165, 1.54) is 6.20 Å². The molecular weight excluding hydrogens is 570 g/mol. The third kappa shape index (κ3) is 5.44. The minimum Gasteiger partial charge on any atom is -0.444 e. The number of carbonyl (C=O) groups is 2. The lowest BCUT2D eigenvalue weighted by Gasteiger charge is -2.20. The molecule has 2 amide bonds. The highest BCUT2D eigenvalue weighted by atomic mass is 35.5. The molecule has 43 heavy (non-hydrogen) atoms. The fraction of sp³-hybridized carbons (Fsp3) is 0.312. The van der Waals surface area contributed by atoms with E-state index in [-0.39, 0.29) is 12.3 Å². The van der Waals surface area contributed by atoms with Gasteiger partial charge in [-0.25, -0.2) is 9.78 Å². The van der Waals surface area contributed by atoms with E-state index in [0.29, 0.717) is 58.3 Å². The molecule has 1 unspecified atom stereocenters. The Kier molecular flexibility index (Phi) is 6.94. The Hall–Kier alpha value is -4.41. The first-order valence-electron chi connectivity index (χ1n) is 14.1. The van der Waals surface area contributed by atoms with Gasteiger partial charge >= 0.3 is 6.09 Å². The minimum atomic E-state index is -1.58. The summed E-state index contributed by atoms with van der Waals surface area (Å²) >= 11 is 6.32. The van der Waals surface area contributed by atoms with Crippen LogP contribution in [0.2, 0.25) is 5.02 Å². The van der Waals surface area contributed by atoms with Crippen molar-refractivity contribution < 1.29 is 29.4 Å². The molecule has 11 heteroatoms. The van der Waals surface area contributed by atoms with Crippen molar-refractivity contribution in [3.63, 3.8) is 0 Å². The zero-order valence-electron chi connectivity index (χ0n) is 24.3. The topological polar surface area (TPSA) is 140 Å². The number of aromatic amines is 1. The normalized spacial score (nSPS) is 17.7. The van der Waals surface area contributed by atoms with Gasteiger partial charge in [-0.05, 0) is 82.9 Å². The van der Waals surface area contributed by atoms with Crippen LogP contribution in [0, 0.1) is 6.92 Å².